The van der Waals surface area contributed by atoms with Crippen LogP contribution in [0.2, 0.25) is 0 Å². The highest BCUT2D eigenvalue weighted by Crippen LogP contribution is 2.28. The molecule has 0 saturated carbocycles. The molecule has 0 aliphatic carbocycles. The second kappa shape index (κ2) is 7.51. The highest BCUT2D eigenvalue weighted by molar-refractivity contribution is 5.26. The minimum absolute atomic E-state index is 0.271. The van der Waals surface area contributed by atoms with Crippen LogP contribution in [0.4, 0.5) is 0 Å². The Morgan fingerprint density at radius 3 is 2.37 bits per heavy atom. The first-order chi connectivity index (χ1) is 9.29. The first-order valence-corrected chi connectivity index (χ1v) is 7.31. The van der Waals surface area contributed by atoms with Crippen LogP contribution >= 0.6 is 0 Å². The maximum Gasteiger partial charge on any atom is 0.183 e. The predicted octanol–water partition coefficient (Wildman–Crippen LogP) is 4.02. The van der Waals surface area contributed by atoms with Crippen LogP contribution in [0.15, 0.2) is 24.3 Å². The molecule has 1 heterocycles. The van der Waals surface area contributed by atoms with E-state index in [1.807, 2.05) is 12.1 Å². The number of ether oxygens (including phenoxy) is 2. The summed E-state index contributed by atoms with van der Waals surface area (Å²) in [5.74, 6) is 0.804. The Bertz CT molecular complexity index is 353. The Balaban J connectivity index is 1.71. The summed E-state index contributed by atoms with van der Waals surface area (Å²) in [6, 6.07) is 7.03. The van der Waals surface area contributed by atoms with Gasteiger partial charge in [-0.05, 0) is 18.6 Å². The number of phenolic OH excluding ortho intramolecular Hbond substituents is 1. The van der Waals surface area contributed by atoms with Gasteiger partial charge < -0.3 is 14.6 Å². The monoisotopic (exact) mass is 264 g/mol. The van der Waals surface area contributed by atoms with Crippen LogP contribution in [-0.2, 0) is 9.47 Å². The van der Waals surface area contributed by atoms with Crippen LogP contribution in [0.5, 0.6) is 5.75 Å². The van der Waals surface area contributed by atoms with Crippen molar-refractivity contribution in [1.29, 1.82) is 0 Å². The molecule has 1 aliphatic rings. The first-order valence-electron chi connectivity index (χ1n) is 7.31. The summed E-state index contributed by atoms with van der Waals surface area (Å²) in [6.07, 6.45) is 6.12. The minimum atomic E-state index is -0.271. The molecular formula is C16H24O3. The molecule has 1 aromatic rings. The summed E-state index contributed by atoms with van der Waals surface area (Å²) in [6.45, 7) is 3.78. The number of rotatable bonds is 6. The predicted molar refractivity (Wildman–Crippen MR) is 75.0 cm³/mol. The molecule has 0 aromatic heterocycles. The van der Waals surface area contributed by atoms with Crippen LogP contribution in [-0.4, -0.2) is 18.3 Å². The highest BCUT2D eigenvalue weighted by atomic mass is 16.7. The molecule has 19 heavy (non-hydrogen) atoms. The summed E-state index contributed by atoms with van der Waals surface area (Å²) >= 11 is 0. The van der Waals surface area contributed by atoms with Crippen molar-refractivity contribution in [3.05, 3.63) is 29.8 Å². The Morgan fingerprint density at radius 1 is 1.05 bits per heavy atom. The van der Waals surface area contributed by atoms with Gasteiger partial charge in [0.1, 0.15) is 5.75 Å². The fourth-order valence-electron chi connectivity index (χ4n) is 2.39. The summed E-state index contributed by atoms with van der Waals surface area (Å²) in [7, 11) is 0. The van der Waals surface area contributed by atoms with Crippen LogP contribution in [0.3, 0.4) is 0 Å². The molecular weight excluding hydrogens is 240 g/mol. The molecule has 3 nitrogen and oxygen atoms in total. The second-order valence-electron chi connectivity index (χ2n) is 5.31. The first kappa shape index (κ1) is 14.4. The minimum Gasteiger partial charge on any atom is -0.508 e. The Kier molecular flexibility index (Phi) is 5.67. The zero-order chi connectivity index (χ0) is 13.5. The molecule has 3 heteroatoms. The fraction of sp³-hybridized carbons (Fsp3) is 0.625. The lowest BCUT2D eigenvalue weighted by molar-refractivity contribution is -0.206. The van der Waals surface area contributed by atoms with E-state index in [2.05, 4.69) is 6.92 Å². The van der Waals surface area contributed by atoms with Crippen LogP contribution in [0, 0.1) is 5.92 Å². The largest absolute Gasteiger partial charge is 0.508 e. The van der Waals surface area contributed by atoms with E-state index in [0.717, 1.165) is 18.8 Å². The summed E-state index contributed by atoms with van der Waals surface area (Å²) < 4.78 is 11.5. The number of benzene rings is 1. The van der Waals surface area contributed by atoms with Gasteiger partial charge in [0, 0.05) is 11.5 Å². The molecule has 1 aliphatic heterocycles. The fourth-order valence-corrected chi connectivity index (χ4v) is 2.39. The molecule has 0 unspecified atom stereocenters. The van der Waals surface area contributed by atoms with E-state index in [-0.39, 0.29) is 12.0 Å². The molecule has 1 N–H and O–H groups in total. The SMILES string of the molecule is CCCCCCC1COC(c2ccc(O)cc2)OC1. The summed E-state index contributed by atoms with van der Waals surface area (Å²) in [4.78, 5) is 0. The van der Waals surface area contributed by atoms with Crippen molar-refractivity contribution in [2.75, 3.05) is 13.2 Å². The van der Waals surface area contributed by atoms with Gasteiger partial charge in [-0.3, -0.25) is 0 Å². The molecule has 0 bridgehead atoms. The third kappa shape index (κ3) is 4.51. The van der Waals surface area contributed by atoms with Crippen molar-refractivity contribution in [3.63, 3.8) is 0 Å². The van der Waals surface area contributed by atoms with Crippen molar-refractivity contribution >= 4 is 0 Å². The smallest absolute Gasteiger partial charge is 0.183 e. The standard InChI is InChI=1S/C16H24O3/c1-2-3-4-5-6-13-11-18-16(19-12-13)14-7-9-15(17)10-8-14/h7-10,13,16-17H,2-6,11-12H2,1H3. The zero-order valence-corrected chi connectivity index (χ0v) is 11.7. The summed E-state index contributed by atoms with van der Waals surface area (Å²) in [5, 5.41) is 9.26. The molecule has 0 amide bonds. The molecule has 0 atom stereocenters. The maximum atomic E-state index is 9.26. The van der Waals surface area contributed by atoms with Gasteiger partial charge in [0.15, 0.2) is 6.29 Å². The third-order valence-corrected chi connectivity index (χ3v) is 3.60. The molecule has 106 valence electrons. The summed E-state index contributed by atoms with van der Waals surface area (Å²) in [5.41, 5.74) is 0.974. The molecule has 1 aromatic carbocycles. The van der Waals surface area contributed by atoms with E-state index in [1.165, 1.54) is 32.1 Å². The Morgan fingerprint density at radius 2 is 1.74 bits per heavy atom. The van der Waals surface area contributed by atoms with Crippen molar-refractivity contribution < 1.29 is 14.6 Å². The van der Waals surface area contributed by atoms with E-state index in [1.54, 1.807) is 12.1 Å². The van der Waals surface area contributed by atoms with E-state index < -0.39 is 0 Å². The second-order valence-corrected chi connectivity index (χ2v) is 5.31. The van der Waals surface area contributed by atoms with Crippen molar-refractivity contribution in [2.24, 2.45) is 5.92 Å². The molecule has 1 saturated heterocycles. The Hall–Kier alpha value is -1.06. The number of unbranched alkanes of at least 4 members (excludes halogenated alkanes) is 3. The van der Waals surface area contributed by atoms with Gasteiger partial charge in [-0.2, -0.15) is 0 Å². The van der Waals surface area contributed by atoms with Gasteiger partial charge in [0.2, 0.25) is 0 Å². The van der Waals surface area contributed by atoms with Gasteiger partial charge in [0.25, 0.3) is 0 Å². The quantitative estimate of drug-likeness (QED) is 0.788. The van der Waals surface area contributed by atoms with Gasteiger partial charge in [-0.15, -0.1) is 0 Å². The zero-order valence-electron chi connectivity index (χ0n) is 11.7. The van der Waals surface area contributed by atoms with Crippen LogP contribution < -0.4 is 0 Å². The maximum absolute atomic E-state index is 9.26. The van der Waals surface area contributed by atoms with Gasteiger partial charge >= 0.3 is 0 Å². The van der Waals surface area contributed by atoms with Gasteiger partial charge in [-0.1, -0.05) is 44.7 Å². The van der Waals surface area contributed by atoms with Crippen LogP contribution in [0.25, 0.3) is 0 Å². The lowest BCUT2D eigenvalue weighted by atomic mass is 10.0. The number of phenols is 1. The average Bonchev–Trinajstić information content (AvgIpc) is 2.45. The average molecular weight is 264 g/mol. The lowest BCUT2D eigenvalue weighted by Gasteiger charge is -2.29. The molecule has 1 fully saturated rings. The number of aromatic hydroxyl groups is 1. The van der Waals surface area contributed by atoms with E-state index in [4.69, 9.17) is 9.47 Å². The third-order valence-electron chi connectivity index (χ3n) is 3.60. The normalized spacial score (nSPS) is 23.4. The van der Waals surface area contributed by atoms with Crippen molar-refractivity contribution in [2.45, 2.75) is 45.3 Å². The number of hydrogen-bond acceptors (Lipinski definition) is 3. The topological polar surface area (TPSA) is 38.7 Å². The van der Waals surface area contributed by atoms with Gasteiger partial charge in [0.05, 0.1) is 13.2 Å². The highest BCUT2D eigenvalue weighted by Gasteiger charge is 2.23. The van der Waals surface area contributed by atoms with E-state index in [9.17, 15) is 5.11 Å². The number of hydrogen-bond donors (Lipinski definition) is 1. The van der Waals surface area contributed by atoms with E-state index >= 15 is 0 Å². The van der Waals surface area contributed by atoms with Gasteiger partial charge in [-0.25, -0.2) is 0 Å². The van der Waals surface area contributed by atoms with E-state index in [0.29, 0.717) is 5.92 Å². The Labute approximate surface area is 115 Å². The molecule has 0 radical (unpaired) electrons. The molecule has 2 rings (SSSR count). The van der Waals surface area contributed by atoms with Crippen molar-refractivity contribution in [1.82, 2.24) is 0 Å². The van der Waals surface area contributed by atoms with Crippen LogP contribution in [0.1, 0.15) is 50.9 Å². The lowest BCUT2D eigenvalue weighted by Crippen LogP contribution is -2.27. The van der Waals surface area contributed by atoms with Crippen molar-refractivity contribution in [3.8, 4) is 5.75 Å². The molecule has 0 spiro atoms.